The van der Waals surface area contributed by atoms with Crippen molar-refractivity contribution in [2.75, 3.05) is 12.8 Å². The SMILES string of the molecule is CCCCCCCC/C=C/CCCCCCCC(=O)OCC1CCP(=O)(O)O1. The van der Waals surface area contributed by atoms with Crippen molar-refractivity contribution < 1.29 is 23.5 Å². The van der Waals surface area contributed by atoms with Crippen LogP contribution in [0.5, 0.6) is 0 Å². The fraction of sp³-hybridized carbons (Fsp3) is 0.864. The summed E-state index contributed by atoms with van der Waals surface area (Å²) in [6.07, 6.45) is 21.3. The molecule has 1 saturated heterocycles. The van der Waals surface area contributed by atoms with E-state index in [-0.39, 0.29) is 18.7 Å². The van der Waals surface area contributed by atoms with Crippen LogP contribution in [0.25, 0.3) is 0 Å². The summed E-state index contributed by atoms with van der Waals surface area (Å²) in [6.45, 7) is 2.35. The van der Waals surface area contributed by atoms with Crippen molar-refractivity contribution in [3.05, 3.63) is 12.2 Å². The molecule has 1 fully saturated rings. The molecule has 164 valence electrons. The van der Waals surface area contributed by atoms with E-state index in [0.717, 1.165) is 25.7 Å². The minimum Gasteiger partial charge on any atom is -0.463 e. The maximum absolute atomic E-state index is 11.7. The smallest absolute Gasteiger partial charge is 0.328 e. The summed E-state index contributed by atoms with van der Waals surface area (Å²) in [5, 5.41) is 0. The van der Waals surface area contributed by atoms with Gasteiger partial charge in [0.15, 0.2) is 0 Å². The van der Waals surface area contributed by atoms with E-state index >= 15 is 0 Å². The van der Waals surface area contributed by atoms with Crippen LogP contribution in [0.1, 0.15) is 103 Å². The predicted molar refractivity (Wildman–Crippen MR) is 115 cm³/mol. The summed E-state index contributed by atoms with van der Waals surface area (Å²) >= 11 is 0. The number of hydrogen-bond acceptors (Lipinski definition) is 4. The Labute approximate surface area is 171 Å². The Morgan fingerprint density at radius 2 is 1.57 bits per heavy atom. The van der Waals surface area contributed by atoms with Crippen LogP contribution in [0.4, 0.5) is 0 Å². The molecule has 2 unspecified atom stereocenters. The molecule has 0 aromatic heterocycles. The first-order chi connectivity index (χ1) is 13.5. The van der Waals surface area contributed by atoms with Crippen molar-refractivity contribution in [2.24, 2.45) is 0 Å². The zero-order chi connectivity index (χ0) is 20.5. The highest BCUT2D eigenvalue weighted by Crippen LogP contribution is 2.50. The summed E-state index contributed by atoms with van der Waals surface area (Å²) in [7, 11) is -3.41. The van der Waals surface area contributed by atoms with Crippen molar-refractivity contribution in [1.82, 2.24) is 0 Å². The van der Waals surface area contributed by atoms with Gasteiger partial charge in [0.05, 0.1) is 6.16 Å². The maximum atomic E-state index is 11.7. The Kier molecular flexibility index (Phi) is 14.7. The van der Waals surface area contributed by atoms with Crippen LogP contribution >= 0.6 is 7.60 Å². The molecule has 1 heterocycles. The highest BCUT2D eigenvalue weighted by molar-refractivity contribution is 7.53. The molecule has 1 rings (SSSR count). The molecule has 1 N–H and O–H groups in total. The van der Waals surface area contributed by atoms with Crippen LogP contribution in [0.3, 0.4) is 0 Å². The number of ether oxygens (including phenoxy) is 1. The topological polar surface area (TPSA) is 72.8 Å². The van der Waals surface area contributed by atoms with E-state index in [9.17, 15) is 14.3 Å². The highest BCUT2D eigenvalue weighted by atomic mass is 31.2. The second kappa shape index (κ2) is 16.2. The minimum absolute atomic E-state index is 0.0917. The van der Waals surface area contributed by atoms with Crippen molar-refractivity contribution in [1.29, 1.82) is 0 Å². The first-order valence-corrected chi connectivity index (χ1v) is 13.1. The average Bonchev–Trinajstić information content (AvgIpc) is 3.02. The molecule has 0 spiro atoms. The summed E-state index contributed by atoms with van der Waals surface area (Å²) in [5.74, 6) is -0.235. The standard InChI is InChI=1S/C22H41O5P/c1-2-3-4-5-6-7-8-9-10-11-12-13-14-15-16-17-22(23)26-20-21-18-19-28(24,25)27-21/h9-10,21H,2-8,11-20H2,1H3,(H,24,25)/b10-9+. The van der Waals surface area contributed by atoms with Crippen molar-refractivity contribution in [3.8, 4) is 0 Å². The quantitative estimate of drug-likeness (QED) is 0.126. The number of unbranched alkanes of at least 4 members (excludes halogenated alkanes) is 11. The molecule has 0 aromatic rings. The lowest BCUT2D eigenvalue weighted by molar-refractivity contribution is -0.146. The Morgan fingerprint density at radius 1 is 1.00 bits per heavy atom. The summed E-state index contributed by atoms with van der Waals surface area (Å²) in [5.41, 5.74) is 0. The molecule has 0 bridgehead atoms. The van der Waals surface area contributed by atoms with Crippen molar-refractivity contribution in [3.63, 3.8) is 0 Å². The number of carbonyl (C=O) groups excluding carboxylic acids is 1. The summed E-state index contributed by atoms with van der Waals surface area (Å²) < 4.78 is 21.4. The molecule has 0 radical (unpaired) electrons. The van der Waals surface area contributed by atoms with Gasteiger partial charge in [-0.3, -0.25) is 9.36 Å². The molecule has 6 heteroatoms. The largest absolute Gasteiger partial charge is 0.463 e. The van der Waals surface area contributed by atoms with Gasteiger partial charge in [0, 0.05) is 6.42 Å². The van der Waals surface area contributed by atoms with Gasteiger partial charge in [-0.15, -0.1) is 0 Å². The Hall–Kier alpha value is -0.640. The van der Waals surface area contributed by atoms with E-state index in [1.807, 2.05) is 0 Å². The molecule has 2 atom stereocenters. The lowest BCUT2D eigenvalue weighted by Gasteiger charge is -2.10. The Morgan fingerprint density at radius 3 is 2.14 bits per heavy atom. The fourth-order valence-electron chi connectivity index (χ4n) is 3.36. The number of allylic oxidation sites excluding steroid dienone is 2. The third kappa shape index (κ3) is 14.4. The van der Waals surface area contributed by atoms with Crippen LogP contribution in [0.2, 0.25) is 0 Å². The third-order valence-electron chi connectivity index (χ3n) is 5.12. The van der Waals surface area contributed by atoms with Crippen molar-refractivity contribution in [2.45, 2.75) is 109 Å². The number of esters is 1. The summed E-state index contributed by atoms with van der Waals surface area (Å²) in [4.78, 5) is 20.9. The zero-order valence-corrected chi connectivity index (χ0v) is 18.7. The van der Waals surface area contributed by atoms with Crippen LogP contribution in [-0.2, 0) is 18.6 Å². The van der Waals surface area contributed by atoms with Crippen molar-refractivity contribution >= 4 is 13.6 Å². The van der Waals surface area contributed by atoms with E-state index in [2.05, 4.69) is 19.1 Å². The molecule has 0 amide bonds. The van der Waals surface area contributed by atoms with E-state index in [4.69, 9.17) is 9.26 Å². The average molecular weight is 417 g/mol. The molecule has 0 saturated carbocycles. The van der Waals surface area contributed by atoms with Gasteiger partial charge >= 0.3 is 13.6 Å². The second-order valence-electron chi connectivity index (χ2n) is 7.89. The lowest BCUT2D eigenvalue weighted by Crippen LogP contribution is -2.17. The molecule has 1 aliphatic rings. The molecular weight excluding hydrogens is 375 g/mol. The third-order valence-corrected chi connectivity index (χ3v) is 6.57. The Balaban J connectivity index is 1.81. The first-order valence-electron chi connectivity index (χ1n) is 11.3. The number of hydrogen-bond donors (Lipinski definition) is 1. The van der Waals surface area contributed by atoms with Gasteiger partial charge < -0.3 is 14.2 Å². The van der Waals surface area contributed by atoms with E-state index in [1.54, 1.807) is 0 Å². The van der Waals surface area contributed by atoms with Gasteiger partial charge in [-0.1, -0.05) is 70.4 Å². The van der Waals surface area contributed by atoms with E-state index in [1.165, 1.54) is 57.8 Å². The van der Waals surface area contributed by atoms with Crippen LogP contribution < -0.4 is 0 Å². The zero-order valence-electron chi connectivity index (χ0n) is 17.8. The first kappa shape index (κ1) is 25.4. The monoisotopic (exact) mass is 416 g/mol. The van der Waals surface area contributed by atoms with Gasteiger partial charge in [-0.05, 0) is 38.5 Å². The van der Waals surface area contributed by atoms with Crippen LogP contribution in [0, 0.1) is 0 Å². The minimum atomic E-state index is -3.41. The second-order valence-corrected chi connectivity index (χ2v) is 9.83. The van der Waals surface area contributed by atoms with Crippen LogP contribution in [-0.4, -0.2) is 29.7 Å². The molecule has 1 aliphatic heterocycles. The van der Waals surface area contributed by atoms with E-state index in [0.29, 0.717) is 12.8 Å². The highest BCUT2D eigenvalue weighted by Gasteiger charge is 2.33. The maximum Gasteiger partial charge on any atom is 0.328 e. The van der Waals surface area contributed by atoms with Gasteiger partial charge in [0.25, 0.3) is 0 Å². The molecule has 28 heavy (non-hydrogen) atoms. The normalized spacial score (nSPS) is 22.1. The fourth-order valence-corrected chi connectivity index (χ4v) is 4.71. The molecule has 0 aliphatic carbocycles. The number of carbonyl (C=O) groups is 1. The van der Waals surface area contributed by atoms with Gasteiger partial charge in [-0.2, -0.15) is 0 Å². The predicted octanol–water partition coefficient (Wildman–Crippen LogP) is 6.54. The lowest BCUT2D eigenvalue weighted by atomic mass is 10.1. The number of rotatable bonds is 17. The van der Waals surface area contributed by atoms with E-state index < -0.39 is 13.7 Å². The summed E-state index contributed by atoms with van der Waals surface area (Å²) in [6, 6.07) is 0. The van der Waals surface area contributed by atoms with Gasteiger partial charge in [-0.25, -0.2) is 0 Å². The van der Waals surface area contributed by atoms with Crippen LogP contribution in [0.15, 0.2) is 12.2 Å². The van der Waals surface area contributed by atoms with Gasteiger partial charge in [0.2, 0.25) is 0 Å². The molecule has 5 nitrogen and oxygen atoms in total. The molecule has 0 aromatic carbocycles. The molecular formula is C22H41O5P. The Bertz CT molecular complexity index is 478. The van der Waals surface area contributed by atoms with Gasteiger partial charge in [0.1, 0.15) is 12.7 Å².